The molecule has 0 saturated carbocycles. The van der Waals surface area contributed by atoms with Crippen molar-refractivity contribution < 1.29 is 17.9 Å². The first kappa shape index (κ1) is 19.2. The lowest BCUT2D eigenvalue weighted by molar-refractivity contribution is -0.122. The molecule has 1 unspecified atom stereocenters. The van der Waals surface area contributed by atoms with Crippen LogP contribution in [0.1, 0.15) is 26.3 Å². The van der Waals surface area contributed by atoms with Gasteiger partial charge in [-0.1, -0.05) is 45.0 Å². The number of amides is 1. The lowest BCUT2D eigenvalue weighted by atomic mass is 9.86. The van der Waals surface area contributed by atoms with Crippen LogP contribution in [-0.4, -0.2) is 33.2 Å². The number of fused-ring (bicyclic) bond motifs is 1. The van der Waals surface area contributed by atoms with E-state index in [1.54, 1.807) is 18.2 Å². The molecule has 0 saturated heterocycles. The quantitative estimate of drug-likeness (QED) is 0.876. The molecule has 2 aromatic rings. The molecule has 1 atom stereocenters. The fraction of sp³-hybridized carbons (Fsp3) is 0.350. The van der Waals surface area contributed by atoms with Crippen LogP contribution >= 0.6 is 0 Å². The van der Waals surface area contributed by atoms with E-state index in [2.05, 4.69) is 26.1 Å². The number of nitrogens with zero attached hydrogens (tertiary/aromatic N) is 1. The highest BCUT2D eigenvalue weighted by atomic mass is 32.2. The topological polar surface area (TPSA) is 75.7 Å². The van der Waals surface area contributed by atoms with Crippen molar-refractivity contribution in [3.63, 3.8) is 0 Å². The van der Waals surface area contributed by atoms with E-state index in [0.29, 0.717) is 17.1 Å². The zero-order valence-electron chi connectivity index (χ0n) is 15.9. The minimum absolute atomic E-state index is 0.0713. The molecule has 1 amide bonds. The first-order valence-electron chi connectivity index (χ1n) is 8.70. The summed E-state index contributed by atoms with van der Waals surface area (Å²) in [5.41, 5.74) is 1.95. The molecule has 1 aliphatic rings. The monoisotopic (exact) mass is 388 g/mol. The zero-order valence-corrected chi connectivity index (χ0v) is 16.7. The standard InChI is InChI=1S/C20H24N2O4S/c1-20(2,3)14-10-11-17-16(12-14)22(27(4,24)25)13-18(26-17)19(23)21-15-8-6-5-7-9-15/h5-12,18H,13H2,1-4H3,(H,21,23). The Morgan fingerprint density at radius 1 is 1.15 bits per heavy atom. The maximum Gasteiger partial charge on any atom is 0.267 e. The molecule has 1 aliphatic heterocycles. The van der Waals surface area contributed by atoms with Crippen molar-refractivity contribution in [2.45, 2.75) is 32.3 Å². The molecule has 1 heterocycles. The highest BCUT2D eigenvalue weighted by Crippen LogP contribution is 2.38. The summed E-state index contributed by atoms with van der Waals surface area (Å²) in [5.74, 6) is -0.00622. The predicted molar refractivity (Wildman–Crippen MR) is 107 cm³/mol. The third-order valence-corrected chi connectivity index (χ3v) is 5.58. The van der Waals surface area contributed by atoms with E-state index in [1.165, 1.54) is 4.31 Å². The fourth-order valence-corrected chi connectivity index (χ4v) is 3.82. The number of sulfonamides is 1. The van der Waals surface area contributed by atoms with Gasteiger partial charge in [-0.2, -0.15) is 0 Å². The smallest absolute Gasteiger partial charge is 0.267 e. The number of carbonyl (C=O) groups is 1. The molecule has 0 spiro atoms. The number of rotatable bonds is 3. The van der Waals surface area contributed by atoms with Crippen molar-refractivity contribution in [3.05, 3.63) is 54.1 Å². The molecule has 144 valence electrons. The van der Waals surface area contributed by atoms with E-state index in [0.717, 1.165) is 11.8 Å². The van der Waals surface area contributed by atoms with Crippen LogP contribution in [0.15, 0.2) is 48.5 Å². The van der Waals surface area contributed by atoms with Crippen LogP contribution in [0.4, 0.5) is 11.4 Å². The lowest BCUT2D eigenvalue weighted by Gasteiger charge is -2.35. The van der Waals surface area contributed by atoms with Crippen LogP contribution in [0, 0.1) is 0 Å². The zero-order chi connectivity index (χ0) is 19.8. The third-order valence-electron chi connectivity index (χ3n) is 4.43. The minimum Gasteiger partial charge on any atom is -0.476 e. The maximum absolute atomic E-state index is 12.6. The van der Waals surface area contributed by atoms with E-state index in [-0.39, 0.29) is 17.9 Å². The number of ether oxygens (including phenoxy) is 1. The number of carbonyl (C=O) groups excluding carboxylic acids is 1. The molecule has 3 rings (SSSR count). The molecule has 1 N–H and O–H groups in total. The summed E-state index contributed by atoms with van der Waals surface area (Å²) in [5, 5.41) is 2.76. The van der Waals surface area contributed by atoms with E-state index >= 15 is 0 Å². The molecule has 0 bridgehead atoms. The number of hydrogen-bond acceptors (Lipinski definition) is 4. The van der Waals surface area contributed by atoms with Crippen LogP contribution in [0.5, 0.6) is 5.75 Å². The molecular weight excluding hydrogens is 364 g/mol. The Morgan fingerprint density at radius 2 is 1.81 bits per heavy atom. The Hall–Kier alpha value is -2.54. The van der Waals surface area contributed by atoms with Gasteiger partial charge in [-0.15, -0.1) is 0 Å². The summed E-state index contributed by atoms with van der Waals surface area (Å²) in [6, 6.07) is 14.4. The van der Waals surface area contributed by atoms with Crippen molar-refractivity contribution in [1.82, 2.24) is 0 Å². The second-order valence-electron chi connectivity index (χ2n) is 7.69. The number of nitrogens with one attached hydrogen (secondary N) is 1. The Morgan fingerprint density at radius 3 is 2.41 bits per heavy atom. The Bertz CT molecular complexity index is 950. The van der Waals surface area contributed by atoms with E-state index in [1.807, 2.05) is 30.3 Å². The summed E-state index contributed by atoms with van der Waals surface area (Å²) in [6.45, 7) is 6.09. The lowest BCUT2D eigenvalue weighted by Crippen LogP contribution is -2.48. The van der Waals surface area contributed by atoms with Crippen molar-refractivity contribution >= 4 is 27.3 Å². The first-order chi connectivity index (χ1) is 12.6. The number of para-hydroxylation sites is 1. The Balaban J connectivity index is 1.94. The van der Waals surface area contributed by atoms with Gasteiger partial charge in [-0.25, -0.2) is 8.42 Å². The van der Waals surface area contributed by atoms with Gasteiger partial charge in [-0.3, -0.25) is 9.10 Å². The van der Waals surface area contributed by atoms with Crippen molar-refractivity contribution in [2.75, 3.05) is 22.4 Å². The largest absolute Gasteiger partial charge is 0.476 e. The molecule has 0 radical (unpaired) electrons. The Kier molecular flexibility index (Phi) is 4.90. The minimum atomic E-state index is -3.57. The second kappa shape index (κ2) is 6.88. The van der Waals surface area contributed by atoms with Gasteiger partial charge >= 0.3 is 0 Å². The number of hydrogen-bond donors (Lipinski definition) is 1. The highest BCUT2D eigenvalue weighted by Gasteiger charge is 2.35. The van der Waals surface area contributed by atoms with Gasteiger partial charge in [0, 0.05) is 5.69 Å². The predicted octanol–water partition coefficient (Wildman–Crippen LogP) is 3.15. The van der Waals surface area contributed by atoms with E-state index in [9.17, 15) is 13.2 Å². The molecule has 0 fully saturated rings. The summed E-state index contributed by atoms with van der Waals surface area (Å²) < 4.78 is 31.8. The van der Waals surface area contributed by atoms with Crippen LogP contribution < -0.4 is 14.4 Å². The fourth-order valence-electron chi connectivity index (χ4n) is 2.91. The maximum atomic E-state index is 12.6. The summed E-state index contributed by atoms with van der Waals surface area (Å²) >= 11 is 0. The molecule has 2 aromatic carbocycles. The van der Waals surface area contributed by atoms with E-state index < -0.39 is 16.1 Å². The van der Waals surface area contributed by atoms with Gasteiger partial charge in [0.05, 0.1) is 18.5 Å². The molecule has 0 aliphatic carbocycles. The normalized spacial score (nSPS) is 17.0. The molecule has 6 nitrogen and oxygen atoms in total. The van der Waals surface area contributed by atoms with Crippen LogP contribution in [-0.2, 0) is 20.2 Å². The van der Waals surface area contributed by atoms with Gasteiger partial charge in [0.25, 0.3) is 5.91 Å². The molecule has 0 aromatic heterocycles. The summed E-state index contributed by atoms with van der Waals surface area (Å²) in [7, 11) is -3.57. The highest BCUT2D eigenvalue weighted by molar-refractivity contribution is 7.92. The van der Waals surface area contributed by atoms with Gasteiger partial charge < -0.3 is 10.1 Å². The number of anilines is 2. The molecular formula is C20H24N2O4S. The SMILES string of the molecule is CC(C)(C)c1ccc2c(c1)N(S(C)(=O)=O)CC(C(=O)Nc1ccccc1)O2. The number of benzene rings is 2. The van der Waals surface area contributed by atoms with Crippen LogP contribution in [0.2, 0.25) is 0 Å². The van der Waals surface area contributed by atoms with Crippen molar-refractivity contribution in [2.24, 2.45) is 0 Å². The van der Waals surface area contributed by atoms with Crippen LogP contribution in [0.25, 0.3) is 0 Å². The van der Waals surface area contributed by atoms with Crippen molar-refractivity contribution in [3.8, 4) is 5.75 Å². The summed E-state index contributed by atoms with van der Waals surface area (Å²) in [4.78, 5) is 12.6. The molecule has 7 heteroatoms. The van der Waals surface area contributed by atoms with Crippen LogP contribution in [0.3, 0.4) is 0 Å². The van der Waals surface area contributed by atoms with Gasteiger partial charge in [-0.05, 0) is 35.2 Å². The van der Waals surface area contributed by atoms with Gasteiger partial charge in [0.15, 0.2) is 6.10 Å². The average molecular weight is 388 g/mol. The third kappa shape index (κ3) is 4.24. The second-order valence-corrected chi connectivity index (χ2v) is 9.60. The van der Waals surface area contributed by atoms with Gasteiger partial charge in [0.1, 0.15) is 5.75 Å². The van der Waals surface area contributed by atoms with Gasteiger partial charge in [0.2, 0.25) is 10.0 Å². The Labute approximate surface area is 160 Å². The van der Waals surface area contributed by atoms with Crippen molar-refractivity contribution in [1.29, 1.82) is 0 Å². The van der Waals surface area contributed by atoms with E-state index in [4.69, 9.17) is 4.74 Å². The molecule has 27 heavy (non-hydrogen) atoms. The summed E-state index contributed by atoms with van der Waals surface area (Å²) in [6.07, 6.45) is 0.200. The average Bonchev–Trinajstić information content (AvgIpc) is 2.59. The first-order valence-corrected chi connectivity index (χ1v) is 10.6.